The van der Waals surface area contributed by atoms with Crippen LogP contribution in [0.1, 0.15) is 9.67 Å². The van der Waals surface area contributed by atoms with Gasteiger partial charge in [0, 0.05) is 32.2 Å². The van der Waals surface area contributed by atoms with Crippen LogP contribution < -0.4 is 10.4 Å². The maximum atomic E-state index is 13.3. The molecular formula is C14H14F2N4O4S2. The smallest absolute Gasteiger partial charge is 0.286 e. The summed E-state index contributed by atoms with van der Waals surface area (Å²) in [6, 6.07) is 2.18. The number of nitrogens with one attached hydrogen (secondary N) is 1. The van der Waals surface area contributed by atoms with Gasteiger partial charge in [-0.15, -0.1) is 0 Å². The first-order valence-electron chi connectivity index (χ1n) is 7.43. The predicted molar refractivity (Wildman–Crippen MR) is 88.7 cm³/mol. The van der Waals surface area contributed by atoms with E-state index in [-0.39, 0.29) is 18.0 Å². The number of thiazole rings is 1. The molecule has 2 heterocycles. The van der Waals surface area contributed by atoms with Crippen LogP contribution in [0.15, 0.2) is 29.3 Å². The summed E-state index contributed by atoms with van der Waals surface area (Å²) in [5, 5.41) is 9.13. The van der Waals surface area contributed by atoms with Crippen molar-refractivity contribution in [2.75, 3.05) is 31.1 Å². The van der Waals surface area contributed by atoms with Crippen LogP contribution in [0.4, 0.5) is 13.9 Å². The Labute approximate surface area is 151 Å². The minimum atomic E-state index is -4.01. The molecule has 0 radical (unpaired) electrons. The Morgan fingerprint density at radius 1 is 1.15 bits per heavy atom. The largest absolute Gasteiger partial charge is 0.345 e. The van der Waals surface area contributed by atoms with Crippen LogP contribution in [0.2, 0.25) is 0 Å². The molecule has 1 aromatic heterocycles. The molecule has 0 atom stereocenters. The van der Waals surface area contributed by atoms with E-state index in [9.17, 15) is 22.0 Å². The predicted octanol–water partition coefficient (Wildman–Crippen LogP) is 1.05. The number of halogens is 2. The number of amides is 1. The minimum Gasteiger partial charge on any atom is -0.345 e. The molecule has 0 aliphatic carbocycles. The lowest BCUT2D eigenvalue weighted by atomic mass is 10.3. The zero-order chi connectivity index (χ0) is 18.9. The number of hydrogen-bond acceptors (Lipinski definition) is 7. The highest BCUT2D eigenvalue weighted by Crippen LogP contribution is 2.25. The molecule has 3 rings (SSSR count). The lowest BCUT2D eigenvalue weighted by Gasteiger charge is -2.33. The number of aromatic nitrogens is 1. The molecule has 2 N–H and O–H groups in total. The van der Waals surface area contributed by atoms with Gasteiger partial charge >= 0.3 is 0 Å². The zero-order valence-electron chi connectivity index (χ0n) is 13.2. The van der Waals surface area contributed by atoms with E-state index in [1.54, 1.807) is 4.90 Å². The second-order valence-electron chi connectivity index (χ2n) is 5.44. The summed E-state index contributed by atoms with van der Waals surface area (Å²) in [5.41, 5.74) is 1.52. The number of nitrogens with zero attached hydrogens (tertiary/aromatic N) is 3. The van der Waals surface area contributed by atoms with Gasteiger partial charge in [-0.3, -0.25) is 10.0 Å². The lowest BCUT2D eigenvalue weighted by Crippen LogP contribution is -2.48. The van der Waals surface area contributed by atoms with Gasteiger partial charge in [-0.25, -0.2) is 27.7 Å². The summed E-state index contributed by atoms with van der Waals surface area (Å²) in [7, 11) is -4.01. The van der Waals surface area contributed by atoms with Crippen LogP contribution in [0, 0.1) is 11.6 Å². The number of rotatable bonds is 4. The SMILES string of the molecule is O=C(NO)c1cnc(N2CCN(S(=O)(=O)c3cc(F)cc(F)c3)CC2)s1. The Kier molecular flexibility index (Phi) is 5.18. The van der Waals surface area contributed by atoms with Crippen molar-refractivity contribution in [3.8, 4) is 0 Å². The monoisotopic (exact) mass is 404 g/mol. The number of carbonyl (C=O) groups is 1. The van der Waals surface area contributed by atoms with E-state index in [0.29, 0.717) is 24.3 Å². The van der Waals surface area contributed by atoms with Gasteiger partial charge in [-0.05, 0) is 12.1 Å². The van der Waals surface area contributed by atoms with E-state index in [1.807, 2.05) is 0 Å². The summed E-state index contributed by atoms with van der Waals surface area (Å²) in [6.45, 7) is 0.790. The van der Waals surface area contributed by atoms with Crippen molar-refractivity contribution in [3.05, 3.63) is 40.9 Å². The second kappa shape index (κ2) is 7.23. The van der Waals surface area contributed by atoms with Crippen molar-refractivity contribution in [2.24, 2.45) is 0 Å². The molecule has 0 spiro atoms. The molecular weight excluding hydrogens is 390 g/mol. The lowest BCUT2D eigenvalue weighted by molar-refractivity contribution is 0.0710. The highest BCUT2D eigenvalue weighted by atomic mass is 32.2. The van der Waals surface area contributed by atoms with Gasteiger partial charge in [0.25, 0.3) is 5.91 Å². The fourth-order valence-corrected chi connectivity index (χ4v) is 4.84. The number of hydroxylamine groups is 1. The first-order chi connectivity index (χ1) is 12.3. The topological polar surface area (TPSA) is 103 Å². The van der Waals surface area contributed by atoms with Crippen LogP contribution >= 0.6 is 11.3 Å². The van der Waals surface area contributed by atoms with Gasteiger partial charge in [-0.2, -0.15) is 4.31 Å². The third-order valence-electron chi connectivity index (χ3n) is 3.80. The molecule has 26 heavy (non-hydrogen) atoms. The second-order valence-corrected chi connectivity index (χ2v) is 8.39. The minimum absolute atomic E-state index is 0.0988. The van der Waals surface area contributed by atoms with Gasteiger partial charge in [0.1, 0.15) is 16.5 Å². The van der Waals surface area contributed by atoms with E-state index in [1.165, 1.54) is 11.7 Å². The van der Waals surface area contributed by atoms with Crippen LogP contribution in [-0.2, 0) is 10.0 Å². The molecule has 8 nitrogen and oxygen atoms in total. The molecule has 1 aromatic carbocycles. The molecule has 0 unspecified atom stereocenters. The Bertz CT molecular complexity index is 907. The number of carbonyl (C=O) groups excluding carboxylic acids is 1. The number of hydrogen-bond donors (Lipinski definition) is 2. The van der Waals surface area contributed by atoms with E-state index >= 15 is 0 Å². The summed E-state index contributed by atoms with van der Waals surface area (Å²) >= 11 is 1.06. The fraction of sp³-hybridized carbons (Fsp3) is 0.286. The van der Waals surface area contributed by atoms with Crippen molar-refractivity contribution >= 4 is 32.4 Å². The van der Waals surface area contributed by atoms with Gasteiger partial charge < -0.3 is 4.90 Å². The molecule has 12 heteroatoms. The number of piperazine rings is 1. The van der Waals surface area contributed by atoms with Crippen molar-refractivity contribution in [1.29, 1.82) is 0 Å². The Hall–Kier alpha value is -2.15. The van der Waals surface area contributed by atoms with Crippen LogP contribution in [-0.4, -0.2) is 55.0 Å². The summed E-state index contributed by atoms with van der Waals surface area (Å²) in [4.78, 5) is 17.0. The normalized spacial score (nSPS) is 15.9. The van der Waals surface area contributed by atoms with Crippen LogP contribution in [0.25, 0.3) is 0 Å². The van der Waals surface area contributed by atoms with Gasteiger partial charge in [-0.1, -0.05) is 11.3 Å². The summed E-state index contributed by atoms with van der Waals surface area (Å²) in [5.74, 6) is -2.59. The van der Waals surface area contributed by atoms with E-state index in [0.717, 1.165) is 27.8 Å². The quantitative estimate of drug-likeness (QED) is 0.583. The van der Waals surface area contributed by atoms with Crippen molar-refractivity contribution in [2.45, 2.75) is 4.90 Å². The Morgan fingerprint density at radius 3 is 2.35 bits per heavy atom. The number of sulfonamides is 1. The van der Waals surface area contributed by atoms with Gasteiger partial charge in [0.05, 0.1) is 11.1 Å². The highest BCUT2D eigenvalue weighted by Gasteiger charge is 2.30. The molecule has 1 aliphatic rings. The molecule has 1 saturated heterocycles. The average molecular weight is 404 g/mol. The first kappa shape index (κ1) is 18.6. The van der Waals surface area contributed by atoms with Gasteiger partial charge in [0.2, 0.25) is 10.0 Å². The third kappa shape index (κ3) is 3.67. The maximum absolute atomic E-state index is 13.3. The molecule has 1 aliphatic heterocycles. The molecule has 140 valence electrons. The Balaban J connectivity index is 1.71. The van der Waals surface area contributed by atoms with Crippen LogP contribution in [0.5, 0.6) is 0 Å². The number of anilines is 1. The molecule has 2 aromatic rings. The fourth-order valence-electron chi connectivity index (χ4n) is 2.52. The maximum Gasteiger partial charge on any atom is 0.286 e. The van der Waals surface area contributed by atoms with E-state index in [2.05, 4.69) is 4.98 Å². The van der Waals surface area contributed by atoms with E-state index in [4.69, 9.17) is 5.21 Å². The molecule has 0 saturated carbocycles. The van der Waals surface area contributed by atoms with E-state index < -0.39 is 32.5 Å². The highest BCUT2D eigenvalue weighted by molar-refractivity contribution is 7.89. The van der Waals surface area contributed by atoms with Crippen molar-refractivity contribution in [1.82, 2.24) is 14.8 Å². The molecule has 0 bridgehead atoms. The standard InChI is InChI=1S/C14H14F2N4O4S2/c15-9-5-10(16)7-11(6-9)26(23,24)20-3-1-19(2-4-20)14-17-8-12(25-14)13(21)18-22/h5-8,22H,1-4H2,(H,18,21). The first-order valence-corrected chi connectivity index (χ1v) is 9.68. The van der Waals surface area contributed by atoms with Gasteiger partial charge in [0.15, 0.2) is 5.13 Å². The zero-order valence-corrected chi connectivity index (χ0v) is 14.9. The summed E-state index contributed by atoms with van der Waals surface area (Å²) < 4.78 is 52.9. The molecule has 1 amide bonds. The van der Waals surface area contributed by atoms with Crippen LogP contribution in [0.3, 0.4) is 0 Å². The van der Waals surface area contributed by atoms with Crippen molar-refractivity contribution < 1.29 is 27.2 Å². The number of benzene rings is 1. The average Bonchev–Trinajstić information content (AvgIpc) is 3.10. The Morgan fingerprint density at radius 2 is 1.77 bits per heavy atom. The summed E-state index contributed by atoms with van der Waals surface area (Å²) in [6.07, 6.45) is 1.31. The third-order valence-corrected chi connectivity index (χ3v) is 6.74. The van der Waals surface area contributed by atoms with Crippen molar-refractivity contribution in [3.63, 3.8) is 0 Å². The molecule has 1 fully saturated rings.